The molecule has 1 rings (SSSR count). The summed E-state index contributed by atoms with van der Waals surface area (Å²) in [5, 5.41) is 16.2. The van der Waals surface area contributed by atoms with Gasteiger partial charge in [-0.05, 0) is 31.6 Å². The summed E-state index contributed by atoms with van der Waals surface area (Å²) in [5.41, 5.74) is -0.627. The van der Waals surface area contributed by atoms with Crippen LogP contribution in [0.4, 0.5) is 0 Å². The number of methoxy groups -OCH3 is 1. The summed E-state index contributed by atoms with van der Waals surface area (Å²) < 4.78 is 4.85. The first-order valence-electron chi connectivity index (χ1n) is 7.28. The van der Waals surface area contributed by atoms with Crippen LogP contribution in [0.25, 0.3) is 0 Å². The molecule has 0 heterocycles. The van der Waals surface area contributed by atoms with Crippen molar-refractivity contribution >= 4 is 5.91 Å². The molecule has 1 saturated carbocycles. The molecular weight excluding hydrogens is 244 g/mol. The number of carbonyl (C=O) groups is 1. The van der Waals surface area contributed by atoms with E-state index in [1.165, 1.54) is 6.42 Å². The summed E-state index contributed by atoms with van der Waals surface area (Å²) in [4.78, 5) is 11.5. The summed E-state index contributed by atoms with van der Waals surface area (Å²) in [7, 11) is 1.60. The lowest BCUT2D eigenvalue weighted by atomic mass is 9.78. The predicted octanol–water partition coefficient (Wildman–Crippen LogP) is 0.670. The van der Waals surface area contributed by atoms with Gasteiger partial charge in [0, 0.05) is 20.2 Å². The van der Waals surface area contributed by atoms with Gasteiger partial charge in [0.1, 0.15) is 0 Å². The average molecular weight is 272 g/mol. The SMILES string of the molecule is CCC1CCC(O)(CNCC(=O)NCCOC)CC1. The molecule has 5 nitrogen and oxygen atoms in total. The van der Waals surface area contributed by atoms with Gasteiger partial charge in [-0.15, -0.1) is 0 Å². The van der Waals surface area contributed by atoms with Gasteiger partial charge < -0.3 is 20.5 Å². The molecule has 3 N–H and O–H groups in total. The van der Waals surface area contributed by atoms with E-state index in [1.54, 1.807) is 7.11 Å². The van der Waals surface area contributed by atoms with Gasteiger partial charge in [-0.25, -0.2) is 0 Å². The van der Waals surface area contributed by atoms with Crippen LogP contribution in [-0.4, -0.2) is 50.0 Å². The smallest absolute Gasteiger partial charge is 0.234 e. The summed E-state index contributed by atoms with van der Waals surface area (Å²) in [6.07, 6.45) is 5.06. The van der Waals surface area contributed by atoms with Gasteiger partial charge in [-0.3, -0.25) is 4.79 Å². The van der Waals surface area contributed by atoms with Gasteiger partial charge in [0.15, 0.2) is 0 Å². The maximum Gasteiger partial charge on any atom is 0.234 e. The summed E-state index contributed by atoms with van der Waals surface area (Å²) in [6, 6.07) is 0. The second kappa shape index (κ2) is 8.51. The first-order valence-corrected chi connectivity index (χ1v) is 7.28. The van der Waals surface area contributed by atoms with Gasteiger partial charge in [-0.2, -0.15) is 0 Å². The lowest BCUT2D eigenvalue weighted by molar-refractivity contribution is -0.120. The van der Waals surface area contributed by atoms with Crippen LogP contribution in [0.15, 0.2) is 0 Å². The van der Waals surface area contributed by atoms with E-state index in [2.05, 4.69) is 17.6 Å². The monoisotopic (exact) mass is 272 g/mol. The fraction of sp³-hybridized carbons (Fsp3) is 0.929. The third-order valence-corrected chi connectivity index (χ3v) is 3.98. The number of carbonyl (C=O) groups excluding carboxylic acids is 1. The molecule has 0 aromatic rings. The molecule has 0 unspecified atom stereocenters. The van der Waals surface area contributed by atoms with E-state index >= 15 is 0 Å². The Morgan fingerprint density at radius 3 is 2.68 bits per heavy atom. The minimum atomic E-state index is -0.627. The highest BCUT2D eigenvalue weighted by Gasteiger charge is 2.32. The summed E-state index contributed by atoms with van der Waals surface area (Å²) in [6.45, 7) is 4.01. The zero-order valence-electron chi connectivity index (χ0n) is 12.2. The number of aliphatic hydroxyl groups is 1. The number of nitrogens with one attached hydrogen (secondary N) is 2. The predicted molar refractivity (Wildman–Crippen MR) is 75.0 cm³/mol. The van der Waals surface area contributed by atoms with Crippen molar-refractivity contribution in [1.82, 2.24) is 10.6 Å². The van der Waals surface area contributed by atoms with Crippen LogP contribution < -0.4 is 10.6 Å². The molecule has 0 aromatic carbocycles. The molecule has 112 valence electrons. The lowest BCUT2D eigenvalue weighted by Gasteiger charge is -2.35. The Hall–Kier alpha value is -0.650. The highest BCUT2D eigenvalue weighted by Crippen LogP contribution is 2.33. The number of ether oxygens (including phenoxy) is 1. The van der Waals surface area contributed by atoms with Crippen molar-refractivity contribution in [2.45, 2.75) is 44.6 Å². The third-order valence-electron chi connectivity index (χ3n) is 3.98. The Kier molecular flexibility index (Phi) is 7.34. The van der Waals surface area contributed by atoms with Gasteiger partial charge in [0.25, 0.3) is 0 Å². The van der Waals surface area contributed by atoms with Crippen LogP contribution in [0.1, 0.15) is 39.0 Å². The molecule has 1 aliphatic rings. The van der Waals surface area contributed by atoms with Crippen molar-refractivity contribution in [1.29, 1.82) is 0 Å². The van der Waals surface area contributed by atoms with Crippen molar-refractivity contribution in [3.8, 4) is 0 Å². The van der Waals surface area contributed by atoms with E-state index in [4.69, 9.17) is 4.74 Å². The van der Waals surface area contributed by atoms with Crippen molar-refractivity contribution in [2.24, 2.45) is 5.92 Å². The fourth-order valence-corrected chi connectivity index (χ4v) is 2.56. The van der Waals surface area contributed by atoms with Gasteiger partial charge in [0.2, 0.25) is 5.91 Å². The van der Waals surface area contributed by atoms with E-state index in [-0.39, 0.29) is 12.5 Å². The molecule has 0 saturated heterocycles. The third kappa shape index (κ3) is 6.36. The molecule has 0 spiro atoms. The first-order chi connectivity index (χ1) is 9.09. The molecule has 1 amide bonds. The van der Waals surface area contributed by atoms with E-state index in [1.807, 2.05) is 0 Å². The Bertz CT molecular complexity index is 263. The average Bonchev–Trinajstić information content (AvgIpc) is 2.40. The van der Waals surface area contributed by atoms with Crippen LogP contribution in [-0.2, 0) is 9.53 Å². The Balaban J connectivity index is 2.13. The standard InChI is InChI=1S/C14H28N2O3/c1-3-12-4-6-14(18,7-5-12)11-15-10-13(17)16-8-9-19-2/h12,15,18H,3-11H2,1-2H3,(H,16,17). The largest absolute Gasteiger partial charge is 0.389 e. The molecule has 5 heteroatoms. The fourth-order valence-electron chi connectivity index (χ4n) is 2.56. The maximum atomic E-state index is 11.5. The van der Waals surface area contributed by atoms with Crippen molar-refractivity contribution in [2.75, 3.05) is 33.4 Å². The molecular formula is C14H28N2O3. The van der Waals surface area contributed by atoms with Crippen LogP contribution in [0.3, 0.4) is 0 Å². The highest BCUT2D eigenvalue weighted by molar-refractivity contribution is 5.77. The molecule has 0 radical (unpaired) electrons. The maximum absolute atomic E-state index is 11.5. The minimum absolute atomic E-state index is 0.0529. The molecule has 0 atom stereocenters. The number of amides is 1. The molecule has 0 bridgehead atoms. The number of hydrogen-bond acceptors (Lipinski definition) is 4. The quantitative estimate of drug-likeness (QED) is 0.568. The highest BCUT2D eigenvalue weighted by atomic mass is 16.5. The van der Waals surface area contributed by atoms with Gasteiger partial charge >= 0.3 is 0 Å². The summed E-state index contributed by atoms with van der Waals surface area (Å²) >= 11 is 0. The zero-order chi connectivity index (χ0) is 14.1. The molecule has 1 fully saturated rings. The first kappa shape index (κ1) is 16.4. The number of hydrogen-bond donors (Lipinski definition) is 3. The van der Waals surface area contributed by atoms with Crippen molar-refractivity contribution < 1.29 is 14.6 Å². The van der Waals surface area contributed by atoms with Crippen molar-refractivity contribution in [3.05, 3.63) is 0 Å². The summed E-state index contributed by atoms with van der Waals surface area (Å²) in [5.74, 6) is 0.709. The van der Waals surface area contributed by atoms with Crippen LogP contribution >= 0.6 is 0 Å². The van der Waals surface area contributed by atoms with Crippen LogP contribution in [0, 0.1) is 5.92 Å². The second-order valence-electron chi connectivity index (χ2n) is 5.52. The van der Waals surface area contributed by atoms with E-state index in [9.17, 15) is 9.90 Å². The Morgan fingerprint density at radius 2 is 2.11 bits per heavy atom. The van der Waals surface area contributed by atoms with Crippen LogP contribution in [0.2, 0.25) is 0 Å². The number of rotatable bonds is 8. The normalized spacial score (nSPS) is 27.2. The van der Waals surface area contributed by atoms with Gasteiger partial charge in [-0.1, -0.05) is 13.3 Å². The minimum Gasteiger partial charge on any atom is -0.389 e. The van der Waals surface area contributed by atoms with Gasteiger partial charge in [0.05, 0.1) is 18.8 Å². The second-order valence-corrected chi connectivity index (χ2v) is 5.52. The Morgan fingerprint density at radius 1 is 1.42 bits per heavy atom. The zero-order valence-corrected chi connectivity index (χ0v) is 12.2. The topological polar surface area (TPSA) is 70.6 Å². The lowest BCUT2D eigenvalue weighted by Crippen LogP contribution is -2.46. The molecule has 0 aromatic heterocycles. The van der Waals surface area contributed by atoms with Crippen LogP contribution in [0.5, 0.6) is 0 Å². The molecule has 0 aliphatic heterocycles. The van der Waals surface area contributed by atoms with E-state index < -0.39 is 5.60 Å². The molecule has 19 heavy (non-hydrogen) atoms. The van der Waals surface area contributed by atoms with Crippen molar-refractivity contribution in [3.63, 3.8) is 0 Å². The molecule has 1 aliphatic carbocycles. The van der Waals surface area contributed by atoms with E-state index in [0.717, 1.165) is 31.6 Å². The van der Waals surface area contributed by atoms with E-state index in [0.29, 0.717) is 19.7 Å². The Labute approximate surface area is 116 Å².